The minimum absolute atomic E-state index is 0.115. The zero-order chi connectivity index (χ0) is 9.14. The minimum Gasteiger partial charge on any atom is -0.508 e. The van der Waals surface area contributed by atoms with Crippen LogP contribution < -0.4 is 0 Å². The Morgan fingerprint density at radius 1 is 1.50 bits per heavy atom. The fourth-order valence-corrected chi connectivity index (χ4v) is 1.13. The van der Waals surface area contributed by atoms with E-state index in [0.717, 1.165) is 11.1 Å². The van der Waals surface area contributed by atoms with Crippen molar-refractivity contribution in [3.63, 3.8) is 0 Å². The lowest BCUT2D eigenvalue weighted by molar-refractivity contribution is -0.116. The average molecular weight is 164 g/mol. The molecule has 0 amide bonds. The van der Waals surface area contributed by atoms with Gasteiger partial charge in [0.05, 0.1) is 0 Å². The molecule has 0 heterocycles. The summed E-state index contributed by atoms with van der Waals surface area (Å²) >= 11 is 0. The van der Waals surface area contributed by atoms with Crippen LogP contribution in [0.4, 0.5) is 0 Å². The van der Waals surface area contributed by atoms with Gasteiger partial charge in [-0.3, -0.25) is 4.79 Å². The first-order valence-corrected chi connectivity index (χ1v) is 3.88. The van der Waals surface area contributed by atoms with Crippen molar-refractivity contribution in [2.24, 2.45) is 0 Å². The van der Waals surface area contributed by atoms with E-state index >= 15 is 0 Å². The van der Waals surface area contributed by atoms with E-state index in [9.17, 15) is 9.90 Å². The fourth-order valence-electron chi connectivity index (χ4n) is 1.13. The smallest absolute Gasteiger partial charge is 0.134 e. The van der Waals surface area contributed by atoms with Gasteiger partial charge in [0.15, 0.2) is 0 Å². The van der Waals surface area contributed by atoms with Crippen LogP contribution in [0.2, 0.25) is 0 Å². The van der Waals surface area contributed by atoms with E-state index in [-0.39, 0.29) is 11.5 Å². The van der Waals surface area contributed by atoms with Gasteiger partial charge < -0.3 is 5.11 Å². The number of hydrogen-bond donors (Lipinski definition) is 1. The van der Waals surface area contributed by atoms with Gasteiger partial charge in [0, 0.05) is 6.42 Å². The molecule has 2 nitrogen and oxygen atoms in total. The summed E-state index contributed by atoms with van der Waals surface area (Å²) in [7, 11) is 0. The van der Waals surface area contributed by atoms with Gasteiger partial charge in [0.2, 0.25) is 0 Å². The molecule has 0 aliphatic rings. The summed E-state index contributed by atoms with van der Waals surface area (Å²) in [4.78, 5) is 10.8. The third kappa shape index (κ3) is 1.84. The molecule has 1 aromatic carbocycles. The summed E-state index contributed by atoms with van der Waals surface area (Å²) in [6.45, 7) is 3.36. The van der Waals surface area contributed by atoms with Gasteiger partial charge in [0.25, 0.3) is 0 Å². The van der Waals surface area contributed by atoms with E-state index in [2.05, 4.69) is 0 Å². The van der Waals surface area contributed by atoms with Gasteiger partial charge in [0.1, 0.15) is 11.5 Å². The number of carbonyl (C=O) groups is 1. The number of carbonyl (C=O) groups excluding carboxylic acids is 1. The maximum Gasteiger partial charge on any atom is 0.134 e. The van der Waals surface area contributed by atoms with Gasteiger partial charge >= 0.3 is 0 Å². The highest BCUT2D eigenvalue weighted by Gasteiger charge is 2.03. The van der Waals surface area contributed by atoms with Crippen molar-refractivity contribution < 1.29 is 9.90 Å². The number of aromatic hydroxyl groups is 1. The molecule has 0 aliphatic carbocycles. The van der Waals surface area contributed by atoms with Crippen LogP contribution in [0, 0.1) is 6.92 Å². The molecule has 0 fully saturated rings. The van der Waals surface area contributed by atoms with Gasteiger partial charge in [-0.05, 0) is 31.0 Å². The van der Waals surface area contributed by atoms with Crippen molar-refractivity contribution in [1.29, 1.82) is 0 Å². The predicted molar refractivity (Wildman–Crippen MR) is 47.2 cm³/mol. The Bertz CT molecular complexity index is 303. The van der Waals surface area contributed by atoms with Crippen LogP contribution in [0.15, 0.2) is 18.2 Å². The van der Waals surface area contributed by atoms with E-state index in [4.69, 9.17) is 0 Å². The molecular weight excluding hydrogens is 152 g/mol. The van der Waals surface area contributed by atoms with Gasteiger partial charge in [-0.1, -0.05) is 12.1 Å². The largest absolute Gasteiger partial charge is 0.508 e. The first-order valence-electron chi connectivity index (χ1n) is 3.88. The number of hydrogen-bond acceptors (Lipinski definition) is 2. The highest BCUT2D eigenvalue weighted by molar-refractivity contribution is 5.78. The second kappa shape index (κ2) is 3.39. The highest BCUT2D eigenvalue weighted by Crippen LogP contribution is 2.19. The number of benzene rings is 1. The summed E-state index contributed by atoms with van der Waals surface area (Å²) in [5.74, 6) is 0.373. The Kier molecular flexibility index (Phi) is 2.48. The summed E-state index contributed by atoms with van der Waals surface area (Å²) in [5, 5.41) is 9.30. The van der Waals surface area contributed by atoms with Gasteiger partial charge in [-0.2, -0.15) is 0 Å². The molecular formula is C10H12O2. The zero-order valence-corrected chi connectivity index (χ0v) is 7.29. The number of Topliss-reactive ketones (excluding diaryl/α,β-unsaturated/α-hetero) is 1. The molecule has 0 aliphatic heterocycles. The Labute approximate surface area is 71.8 Å². The predicted octanol–water partition coefficient (Wildman–Crippen LogP) is 1.83. The first-order chi connectivity index (χ1) is 5.61. The van der Waals surface area contributed by atoms with Crippen LogP contribution in [0.1, 0.15) is 18.1 Å². The number of phenols is 1. The monoisotopic (exact) mass is 164 g/mol. The lowest BCUT2D eigenvalue weighted by Gasteiger charge is -2.04. The van der Waals surface area contributed by atoms with Crippen LogP contribution in [0.5, 0.6) is 5.75 Å². The Morgan fingerprint density at radius 3 is 2.75 bits per heavy atom. The maximum absolute atomic E-state index is 10.8. The maximum atomic E-state index is 10.8. The van der Waals surface area contributed by atoms with Crippen molar-refractivity contribution in [2.45, 2.75) is 20.3 Å². The molecule has 2 heteroatoms. The van der Waals surface area contributed by atoms with Crippen LogP contribution in [0.3, 0.4) is 0 Å². The normalized spacial score (nSPS) is 9.83. The third-order valence-corrected chi connectivity index (χ3v) is 1.86. The van der Waals surface area contributed by atoms with E-state index in [0.29, 0.717) is 6.42 Å². The van der Waals surface area contributed by atoms with Crippen molar-refractivity contribution >= 4 is 5.78 Å². The topological polar surface area (TPSA) is 37.3 Å². The SMILES string of the molecule is CC(=O)Cc1cccc(O)c1C. The van der Waals surface area contributed by atoms with Crippen LogP contribution in [0.25, 0.3) is 0 Å². The quantitative estimate of drug-likeness (QED) is 0.724. The second-order valence-electron chi connectivity index (χ2n) is 2.94. The zero-order valence-electron chi connectivity index (χ0n) is 7.29. The van der Waals surface area contributed by atoms with E-state index < -0.39 is 0 Å². The van der Waals surface area contributed by atoms with Gasteiger partial charge in [-0.25, -0.2) is 0 Å². The molecule has 0 bridgehead atoms. The molecule has 0 saturated heterocycles. The Hall–Kier alpha value is -1.31. The lowest BCUT2D eigenvalue weighted by Crippen LogP contribution is -1.98. The van der Waals surface area contributed by atoms with Gasteiger partial charge in [-0.15, -0.1) is 0 Å². The average Bonchev–Trinajstić information content (AvgIpc) is 1.98. The van der Waals surface area contributed by atoms with E-state index in [1.54, 1.807) is 19.1 Å². The standard InChI is InChI=1S/C10H12O2/c1-7(11)6-9-4-3-5-10(12)8(9)2/h3-5,12H,6H2,1-2H3. The van der Waals surface area contributed by atoms with E-state index in [1.807, 2.05) is 13.0 Å². The molecule has 12 heavy (non-hydrogen) atoms. The second-order valence-corrected chi connectivity index (χ2v) is 2.94. The van der Waals surface area contributed by atoms with Crippen molar-refractivity contribution in [1.82, 2.24) is 0 Å². The molecule has 1 aromatic rings. The highest BCUT2D eigenvalue weighted by atomic mass is 16.3. The number of phenolic OH excluding ortho intramolecular Hbond substituents is 1. The van der Waals surface area contributed by atoms with Crippen LogP contribution >= 0.6 is 0 Å². The minimum atomic E-state index is 0.115. The summed E-state index contributed by atoms with van der Waals surface area (Å²) in [6.07, 6.45) is 0.403. The molecule has 0 saturated carbocycles. The molecule has 64 valence electrons. The molecule has 0 aromatic heterocycles. The number of ketones is 1. The first kappa shape index (κ1) is 8.78. The van der Waals surface area contributed by atoms with Crippen molar-refractivity contribution in [3.8, 4) is 5.75 Å². The Balaban J connectivity index is 3.00. The Morgan fingerprint density at radius 2 is 2.17 bits per heavy atom. The van der Waals surface area contributed by atoms with Crippen molar-refractivity contribution in [3.05, 3.63) is 29.3 Å². The van der Waals surface area contributed by atoms with Crippen molar-refractivity contribution in [2.75, 3.05) is 0 Å². The summed E-state index contributed by atoms with van der Waals surface area (Å²) in [6, 6.07) is 5.23. The molecule has 0 atom stereocenters. The molecule has 0 unspecified atom stereocenters. The molecule has 1 rings (SSSR count). The van der Waals surface area contributed by atoms with Crippen LogP contribution in [-0.2, 0) is 11.2 Å². The number of rotatable bonds is 2. The molecule has 1 N–H and O–H groups in total. The molecule has 0 radical (unpaired) electrons. The fraction of sp³-hybridized carbons (Fsp3) is 0.300. The van der Waals surface area contributed by atoms with E-state index in [1.165, 1.54) is 0 Å². The third-order valence-electron chi connectivity index (χ3n) is 1.86. The lowest BCUT2D eigenvalue weighted by atomic mass is 10.0. The molecule has 0 spiro atoms. The summed E-state index contributed by atoms with van der Waals surface area (Å²) < 4.78 is 0. The summed E-state index contributed by atoms with van der Waals surface area (Å²) in [5.41, 5.74) is 1.70. The van der Waals surface area contributed by atoms with Crippen LogP contribution in [-0.4, -0.2) is 10.9 Å².